The van der Waals surface area contributed by atoms with Gasteiger partial charge in [0.1, 0.15) is 0 Å². The molecule has 1 aliphatic heterocycles. The molecule has 2 N–H and O–H groups in total. The average molecular weight is 288 g/mol. The Bertz CT molecular complexity index is 566. The van der Waals surface area contributed by atoms with E-state index in [0.29, 0.717) is 6.61 Å². The van der Waals surface area contributed by atoms with Crippen LogP contribution in [0, 0.1) is 5.41 Å². The first-order valence-electron chi connectivity index (χ1n) is 7.33. The third-order valence-corrected chi connectivity index (χ3v) is 4.52. The van der Waals surface area contributed by atoms with E-state index in [1.807, 2.05) is 24.3 Å². The van der Waals surface area contributed by atoms with Gasteiger partial charge in [0, 0.05) is 12.8 Å². The molecule has 1 aromatic rings. The van der Waals surface area contributed by atoms with Crippen LogP contribution in [0.5, 0.6) is 0 Å². The molecule has 0 saturated heterocycles. The minimum absolute atomic E-state index is 0.00473. The molecule has 0 bridgehead atoms. The second-order valence-corrected chi connectivity index (χ2v) is 5.93. The molecule has 1 aromatic carbocycles. The van der Waals surface area contributed by atoms with Crippen molar-refractivity contribution in [2.24, 2.45) is 5.41 Å². The number of para-hydroxylation sites is 1. The molecule has 3 rings (SSSR count). The molecule has 1 heterocycles. The van der Waals surface area contributed by atoms with Gasteiger partial charge in [0.25, 0.3) is 0 Å². The summed E-state index contributed by atoms with van der Waals surface area (Å²) in [4.78, 5) is 24.4. The van der Waals surface area contributed by atoms with Crippen LogP contribution in [0.2, 0.25) is 0 Å². The lowest BCUT2D eigenvalue weighted by molar-refractivity contribution is -0.141. The van der Waals surface area contributed by atoms with Gasteiger partial charge in [-0.25, -0.2) is 0 Å². The smallest absolute Gasteiger partial charge is 0.229 e. The van der Waals surface area contributed by atoms with E-state index in [1.54, 1.807) is 7.11 Å². The molecular formula is C16H20N2O3. The highest BCUT2D eigenvalue weighted by Crippen LogP contribution is 2.42. The first kappa shape index (κ1) is 14.1. The summed E-state index contributed by atoms with van der Waals surface area (Å²) in [5.41, 5.74) is 1.35. The molecule has 5 nitrogen and oxygen atoms in total. The van der Waals surface area contributed by atoms with Gasteiger partial charge >= 0.3 is 0 Å². The van der Waals surface area contributed by atoms with Crippen molar-refractivity contribution in [1.29, 1.82) is 0 Å². The lowest BCUT2D eigenvalue weighted by Gasteiger charge is -2.41. The topological polar surface area (TPSA) is 67.4 Å². The van der Waals surface area contributed by atoms with E-state index in [0.717, 1.165) is 30.5 Å². The zero-order valence-corrected chi connectivity index (χ0v) is 12.1. The van der Waals surface area contributed by atoms with Crippen LogP contribution in [0.15, 0.2) is 24.3 Å². The molecule has 112 valence electrons. The normalized spacial score (nSPS) is 22.7. The van der Waals surface area contributed by atoms with Gasteiger partial charge in [-0.1, -0.05) is 24.6 Å². The summed E-state index contributed by atoms with van der Waals surface area (Å²) in [5, 5.41) is 5.89. The number of ether oxygens (including phenoxy) is 1. The molecule has 5 heteroatoms. The van der Waals surface area contributed by atoms with Crippen molar-refractivity contribution >= 4 is 17.5 Å². The third kappa shape index (κ3) is 2.53. The summed E-state index contributed by atoms with van der Waals surface area (Å²) in [6, 6.07) is 7.35. The van der Waals surface area contributed by atoms with Gasteiger partial charge in [0.05, 0.1) is 24.5 Å². The molecule has 0 aromatic heterocycles. The van der Waals surface area contributed by atoms with Crippen molar-refractivity contribution in [2.45, 2.75) is 31.7 Å². The Balaban J connectivity index is 1.79. The van der Waals surface area contributed by atoms with E-state index in [9.17, 15) is 9.59 Å². The standard InChI is InChI=1S/C16H20N2O3/c1-21-10-16(7-4-8-16)15(20)18-13-9-14(19)17-12-6-3-2-5-11(12)13/h2-3,5-6,13H,4,7-10H2,1H3,(H,17,19)(H,18,20). The van der Waals surface area contributed by atoms with Gasteiger partial charge < -0.3 is 15.4 Å². The average Bonchev–Trinajstić information content (AvgIpc) is 2.42. The molecule has 0 spiro atoms. The highest BCUT2D eigenvalue weighted by atomic mass is 16.5. The second-order valence-electron chi connectivity index (χ2n) is 5.93. The quantitative estimate of drug-likeness (QED) is 0.890. The Kier molecular flexibility index (Phi) is 3.68. The fourth-order valence-electron chi connectivity index (χ4n) is 3.17. The lowest BCUT2D eigenvalue weighted by atomic mass is 9.68. The molecule has 1 unspecified atom stereocenters. The summed E-state index contributed by atoms with van der Waals surface area (Å²) in [5.74, 6) is -0.0569. The number of methoxy groups -OCH3 is 1. The summed E-state index contributed by atoms with van der Waals surface area (Å²) < 4.78 is 5.21. The number of hydrogen-bond donors (Lipinski definition) is 2. The van der Waals surface area contributed by atoms with E-state index >= 15 is 0 Å². The Hall–Kier alpha value is -1.88. The number of hydrogen-bond acceptors (Lipinski definition) is 3. The Morgan fingerprint density at radius 1 is 1.43 bits per heavy atom. The van der Waals surface area contributed by atoms with Crippen molar-refractivity contribution in [3.05, 3.63) is 29.8 Å². The predicted octanol–water partition coefficient (Wildman–Crippen LogP) is 2.00. The van der Waals surface area contributed by atoms with Gasteiger partial charge in [-0.15, -0.1) is 0 Å². The number of carbonyl (C=O) groups is 2. The molecule has 21 heavy (non-hydrogen) atoms. The Morgan fingerprint density at radius 2 is 2.19 bits per heavy atom. The Morgan fingerprint density at radius 3 is 2.86 bits per heavy atom. The van der Waals surface area contributed by atoms with Crippen LogP contribution in [-0.2, 0) is 14.3 Å². The first-order valence-corrected chi connectivity index (χ1v) is 7.33. The van der Waals surface area contributed by atoms with Crippen LogP contribution in [0.4, 0.5) is 5.69 Å². The molecule has 1 aliphatic carbocycles. The van der Waals surface area contributed by atoms with Gasteiger partial charge in [0.15, 0.2) is 0 Å². The number of benzene rings is 1. The van der Waals surface area contributed by atoms with E-state index < -0.39 is 5.41 Å². The van der Waals surface area contributed by atoms with Gasteiger partial charge in [-0.2, -0.15) is 0 Å². The first-order chi connectivity index (χ1) is 10.1. The van der Waals surface area contributed by atoms with Crippen molar-refractivity contribution in [2.75, 3.05) is 19.0 Å². The van der Waals surface area contributed by atoms with E-state index in [4.69, 9.17) is 4.74 Å². The van der Waals surface area contributed by atoms with Gasteiger partial charge in [0.2, 0.25) is 11.8 Å². The summed E-state index contributed by atoms with van der Waals surface area (Å²) in [7, 11) is 1.62. The fourth-order valence-corrected chi connectivity index (χ4v) is 3.17. The largest absolute Gasteiger partial charge is 0.384 e. The Labute approximate surface area is 124 Å². The van der Waals surface area contributed by atoms with E-state index in [1.165, 1.54) is 0 Å². The minimum Gasteiger partial charge on any atom is -0.384 e. The fraction of sp³-hybridized carbons (Fsp3) is 0.500. The van der Waals surface area contributed by atoms with Crippen LogP contribution in [0.1, 0.15) is 37.3 Å². The number of anilines is 1. The number of rotatable bonds is 4. The van der Waals surface area contributed by atoms with Crippen molar-refractivity contribution in [3.63, 3.8) is 0 Å². The predicted molar refractivity (Wildman–Crippen MR) is 78.7 cm³/mol. The lowest BCUT2D eigenvalue weighted by Crippen LogP contribution is -2.50. The van der Waals surface area contributed by atoms with Crippen LogP contribution >= 0.6 is 0 Å². The zero-order valence-electron chi connectivity index (χ0n) is 12.1. The van der Waals surface area contributed by atoms with Crippen molar-refractivity contribution < 1.29 is 14.3 Å². The zero-order chi connectivity index (χ0) is 14.9. The maximum atomic E-state index is 12.6. The third-order valence-electron chi connectivity index (χ3n) is 4.52. The van der Waals surface area contributed by atoms with E-state index in [2.05, 4.69) is 10.6 Å². The maximum absolute atomic E-state index is 12.6. The van der Waals surface area contributed by atoms with Gasteiger partial charge in [-0.3, -0.25) is 9.59 Å². The summed E-state index contributed by atoms with van der Waals surface area (Å²) >= 11 is 0. The summed E-state index contributed by atoms with van der Waals surface area (Å²) in [6.07, 6.45) is 3.05. The molecule has 0 radical (unpaired) electrons. The SMILES string of the molecule is COCC1(C(=O)NC2CC(=O)Nc3ccccc32)CCC1. The molecule has 2 aliphatic rings. The van der Waals surface area contributed by atoms with Crippen LogP contribution in [-0.4, -0.2) is 25.5 Å². The minimum atomic E-state index is -0.405. The van der Waals surface area contributed by atoms with Crippen LogP contribution in [0.3, 0.4) is 0 Å². The maximum Gasteiger partial charge on any atom is 0.229 e. The van der Waals surface area contributed by atoms with Crippen molar-refractivity contribution in [1.82, 2.24) is 5.32 Å². The number of carbonyl (C=O) groups excluding carboxylic acids is 2. The number of nitrogens with one attached hydrogen (secondary N) is 2. The van der Waals surface area contributed by atoms with Gasteiger partial charge in [-0.05, 0) is 24.5 Å². The molecule has 1 saturated carbocycles. The monoisotopic (exact) mass is 288 g/mol. The highest BCUT2D eigenvalue weighted by molar-refractivity contribution is 5.95. The van der Waals surface area contributed by atoms with E-state index in [-0.39, 0.29) is 24.3 Å². The molecule has 2 amide bonds. The number of fused-ring (bicyclic) bond motifs is 1. The molecular weight excluding hydrogens is 268 g/mol. The highest BCUT2D eigenvalue weighted by Gasteiger charge is 2.45. The van der Waals surface area contributed by atoms with Crippen molar-refractivity contribution in [3.8, 4) is 0 Å². The number of amides is 2. The molecule has 1 atom stereocenters. The molecule has 1 fully saturated rings. The van der Waals surface area contributed by atoms with Crippen LogP contribution in [0.25, 0.3) is 0 Å². The second kappa shape index (κ2) is 5.48. The van der Waals surface area contributed by atoms with Crippen LogP contribution < -0.4 is 10.6 Å². The summed E-state index contributed by atoms with van der Waals surface area (Å²) in [6.45, 7) is 0.444.